The largest absolute Gasteiger partial charge is 0.497 e. The maximum Gasteiger partial charge on any atom is 0.261 e. The lowest BCUT2D eigenvalue weighted by Gasteiger charge is -2.20. The Bertz CT molecular complexity index is 896. The van der Waals surface area contributed by atoms with Gasteiger partial charge in [0.05, 0.1) is 18.4 Å². The van der Waals surface area contributed by atoms with E-state index in [0.717, 1.165) is 22.2 Å². The van der Waals surface area contributed by atoms with E-state index in [9.17, 15) is 4.79 Å². The Morgan fingerprint density at radius 2 is 2.00 bits per heavy atom. The van der Waals surface area contributed by atoms with E-state index in [-0.39, 0.29) is 5.91 Å². The Hall–Kier alpha value is -2.18. The van der Waals surface area contributed by atoms with Crippen molar-refractivity contribution < 1.29 is 9.53 Å². The van der Waals surface area contributed by atoms with Crippen LogP contribution in [-0.4, -0.2) is 24.5 Å². The fourth-order valence-corrected chi connectivity index (χ4v) is 3.85. The second-order valence-electron chi connectivity index (χ2n) is 5.68. The lowest BCUT2D eigenvalue weighted by Crippen LogP contribution is -2.31. The lowest BCUT2D eigenvalue weighted by atomic mass is 10.2. The predicted molar refractivity (Wildman–Crippen MR) is 110 cm³/mol. The number of benzene rings is 2. The van der Waals surface area contributed by atoms with Crippen LogP contribution < -0.4 is 9.64 Å². The summed E-state index contributed by atoms with van der Waals surface area (Å²) >= 11 is 4.95. The highest BCUT2D eigenvalue weighted by molar-refractivity contribution is 9.10. The van der Waals surface area contributed by atoms with Crippen LogP contribution >= 0.6 is 27.3 Å². The first-order valence-corrected chi connectivity index (χ1v) is 9.97. The topological polar surface area (TPSA) is 42.4 Å². The van der Waals surface area contributed by atoms with Crippen LogP contribution in [0.4, 0.5) is 5.13 Å². The third-order valence-corrected chi connectivity index (χ3v) is 5.44. The van der Waals surface area contributed by atoms with Crippen LogP contribution in [-0.2, 0) is 0 Å². The fourth-order valence-electron chi connectivity index (χ4n) is 2.58. The molecule has 2 aromatic carbocycles. The van der Waals surface area contributed by atoms with E-state index in [1.165, 1.54) is 11.3 Å². The first-order valence-electron chi connectivity index (χ1n) is 8.30. The zero-order valence-electron chi connectivity index (χ0n) is 14.6. The number of methoxy groups -OCH3 is 1. The van der Waals surface area contributed by atoms with Crippen molar-refractivity contribution in [1.82, 2.24) is 4.98 Å². The van der Waals surface area contributed by atoms with Gasteiger partial charge in [-0.3, -0.25) is 9.69 Å². The lowest BCUT2D eigenvalue weighted by molar-refractivity contribution is 0.0986. The zero-order valence-corrected chi connectivity index (χ0v) is 17.0. The van der Waals surface area contributed by atoms with Crippen molar-refractivity contribution >= 4 is 38.3 Å². The zero-order chi connectivity index (χ0) is 18.5. The molecule has 1 heterocycles. The van der Waals surface area contributed by atoms with Crippen molar-refractivity contribution in [2.75, 3.05) is 18.6 Å². The molecule has 0 saturated heterocycles. The molecule has 0 radical (unpaired) electrons. The number of hydrogen-bond acceptors (Lipinski definition) is 4. The molecule has 0 atom stereocenters. The van der Waals surface area contributed by atoms with E-state index in [1.807, 2.05) is 54.8 Å². The van der Waals surface area contributed by atoms with Gasteiger partial charge in [-0.1, -0.05) is 37.3 Å². The van der Waals surface area contributed by atoms with Gasteiger partial charge in [-0.05, 0) is 40.5 Å². The first-order chi connectivity index (χ1) is 12.6. The van der Waals surface area contributed by atoms with Gasteiger partial charge in [0.2, 0.25) is 0 Å². The highest BCUT2D eigenvalue weighted by Crippen LogP contribution is 2.30. The molecule has 0 bridgehead atoms. The Morgan fingerprint density at radius 3 is 2.69 bits per heavy atom. The minimum absolute atomic E-state index is 0.0911. The van der Waals surface area contributed by atoms with E-state index in [2.05, 4.69) is 15.9 Å². The number of nitrogens with zero attached hydrogens (tertiary/aromatic N) is 2. The molecule has 0 saturated carbocycles. The summed E-state index contributed by atoms with van der Waals surface area (Å²) in [7, 11) is 1.59. The van der Waals surface area contributed by atoms with Gasteiger partial charge in [-0.2, -0.15) is 0 Å². The summed E-state index contributed by atoms with van der Waals surface area (Å²) in [5.41, 5.74) is 2.49. The molecule has 3 rings (SSSR count). The van der Waals surface area contributed by atoms with Gasteiger partial charge in [0, 0.05) is 22.0 Å². The normalized spacial score (nSPS) is 10.6. The number of carbonyl (C=O) groups is 1. The molecular formula is C20H19BrN2O2S. The van der Waals surface area contributed by atoms with Gasteiger partial charge in [0.1, 0.15) is 5.75 Å². The molecule has 3 aromatic rings. The van der Waals surface area contributed by atoms with Crippen LogP contribution in [0, 0.1) is 0 Å². The van der Waals surface area contributed by atoms with Crippen LogP contribution in [0.2, 0.25) is 0 Å². The van der Waals surface area contributed by atoms with Gasteiger partial charge in [-0.25, -0.2) is 4.98 Å². The summed E-state index contributed by atoms with van der Waals surface area (Å²) in [6.45, 7) is 2.65. The highest BCUT2D eigenvalue weighted by atomic mass is 79.9. The minimum atomic E-state index is -0.0911. The van der Waals surface area contributed by atoms with E-state index >= 15 is 0 Å². The quantitative estimate of drug-likeness (QED) is 0.508. The maximum absolute atomic E-state index is 13.2. The van der Waals surface area contributed by atoms with Crippen LogP contribution in [0.5, 0.6) is 5.75 Å². The molecule has 134 valence electrons. The molecule has 1 amide bonds. The summed E-state index contributed by atoms with van der Waals surface area (Å²) in [5.74, 6) is 0.559. The minimum Gasteiger partial charge on any atom is -0.497 e. The van der Waals surface area contributed by atoms with E-state index in [4.69, 9.17) is 9.72 Å². The molecule has 0 unspecified atom stereocenters. The van der Waals surface area contributed by atoms with E-state index < -0.39 is 0 Å². The van der Waals surface area contributed by atoms with Gasteiger partial charge in [0.25, 0.3) is 5.91 Å². The molecule has 0 fully saturated rings. The molecule has 0 aliphatic rings. The van der Waals surface area contributed by atoms with Gasteiger partial charge >= 0.3 is 0 Å². The van der Waals surface area contributed by atoms with Gasteiger partial charge < -0.3 is 4.74 Å². The number of anilines is 1. The maximum atomic E-state index is 13.2. The predicted octanol–water partition coefficient (Wildman–Crippen LogP) is 5.64. The number of halogens is 1. The second kappa shape index (κ2) is 8.47. The number of aromatic nitrogens is 1. The Labute approximate surface area is 165 Å². The molecular weight excluding hydrogens is 412 g/mol. The standard InChI is InChI=1S/C20H19BrN2O2S/c1-3-11-23(19(24)16-12-15(25-2)9-10-17(16)21)20-22-18(13-26-20)14-7-5-4-6-8-14/h4-10,12-13H,3,11H2,1-2H3. The van der Waals surface area contributed by atoms with Crippen molar-refractivity contribution in [3.63, 3.8) is 0 Å². The monoisotopic (exact) mass is 430 g/mol. The Kier molecular flexibility index (Phi) is 6.06. The summed E-state index contributed by atoms with van der Waals surface area (Å²) in [6.07, 6.45) is 0.841. The number of rotatable bonds is 6. The van der Waals surface area contributed by atoms with Crippen molar-refractivity contribution in [3.8, 4) is 17.0 Å². The van der Waals surface area contributed by atoms with Crippen LogP contribution in [0.25, 0.3) is 11.3 Å². The fraction of sp³-hybridized carbons (Fsp3) is 0.200. The number of carbonyl (C=O) groups excluding carboxylic acids is 1. The third-order valence-electron chi connectivity index (χ3n) is 3.89. The SMILES string of the molecule is CCCN(C(=O)c1cc(OC)ccc1Br)c1nc(-c2ccccc2)cs1. The van der Waals surface area contributed by atoms with Crippen molar-refractivity contribution in [1.29, 1.82) is 0 Å². The molecule has 0 aliphatic heterocycles. The number of ether oxygens (including phenoxy) is 1. The molecule has 4 nitrogen and oxygen atoms in total. The molecule has 0 spiro atoms. The number of thiazole rings is 1. The summed E-state index contributed by atoms with van der Waals surface area (Å²) in [4.78, 5) is 19.6. The summed E-state index contributed by atoms with van der Waals surface area (Å²) < 4.78 is 6.00. The van der Waals surface area contributed by atoms with Crippen LogP contribution in [0.3, 0.4) is 0 Å². The molecule has 1 aromatic heterocycles. The van der Waals surface area contributed by atoms with Crippen LogP contribution in [0.1, 0.15) is 23.7 Å². The van der Waals surface area contributed by atoms with Crippen molar-refractivity contribution in [3.05, 3.63) is 63.9 Å². The molecule has 0 aliphatic carbocycles. The van der Waals surface area contributed by atoms with Crippen LogP contribution in [0.15, 0.2) is 58.4 Å². The average Bonchev–Trinajstić information content (AvgIpc) is 3.16. The summed E-state index contributed by atoms with van der Waals surface area (Å²) in [6, 6.07) is 15.4. The Balaban J connectivity index is 1.95. The highest BCUT2D eigenvalue weighted by Gasteiger charge is 2.22. The van der Waals surface area contributed by atoms with Crippen molar-refractivity contribution in [2.24, 2.45) is 0 Å². The second-order valence-corrected chi connectivity index (χ2v) is 7.37. The summed E-state index contributed by atoms with van der Waals surface area (Å²) in [5, 5.41) is 2.69. The van der Waals surface area contributed by atoms with E-state index in [1.54, 1.807) is 18.1 Å². The smallest absolute Gasteiger partial charge is 0.261 e. The number of hydrogen-bond donors (Lipinski definition) is 0. The van der Waals surface area contributed by atoms with Gasteiger partial charge in [-0.15, -0.1) is 11.3 Å². The Morgan fingerprint density at radius 1 is 1.23 bits per heavy atom. The van der Waals surface area contributed by atoms with Crippen molar-refractivity contribution in [2.45, 2.75) is 13.3 Å². The number of amides is 1. The van der Waals surface area contributed by atoms with E-state index in [0.29, 0.717) is 23.0 Å². The molecule has 26 heavy (non-hydrogen) atoms. The molecule has 6 heteroatoms. The average molecular weight is 431 g/mol. The molecule has 0 N–H and O–H groups in total. The first kappa shape index (κ1) is 18.6. The van der Waals surface area contributed by atoms with Gasteiger partial charge in [0.15, 0.2) is 5.13 Å². The third kappa shape index (κ3) is 3.97.